The Balaban J connectivity index is 1.19. The van der Waals surface area contributed by atoms with E-state index in [1.807, 2.05) is 0 Å². The molecule has 0 aliphatic rings. The molecule has 11 aromatic carbocycles. The Bertz CT molecular complexity index is 3290. The van der Waals surface area contributed by atoms with E-state index in [1.165, 1.54) is 81.7 Å². The Hall–Kier alpha value is -7.48. The molecule has 0 spiro atoms. The van der Waals surface area contributed by atoms with Gasteiger partial charge >= 0.3 is 0 Å². The molecule has 11 rings (SSSR count). The Kier molecular flexibility index (Phi) is 7.89. The highest BCUT2D eigenvalue weighted by molar-refractivity contribution is 6.24. The molecule has 0 amide bonds. The van der Waals surface area contributed by atoms with Crippen LogP contribution in [-0.2, 0) is 0 Å². The van der Waals surface area contributed by atoms with Crippen molar-refractivity contribution in [3.05, 3.63) is 224 Å². The zero-order valence-electron chi connectivity index (χ0n) is 31.3. The van der Waals surface area contributed by atoms with Crippen LogP contribution in [0.2, 0.25) is 0 Å². The number of hydrogen-bond donors (Lipinski definition) is 0. The summed E-state index contributed by atoms with van der Waals surface area (Å²) in [6.07, 6.45) is 0. The van der Waals surface area contributed by atoms with Crippen molar-refractivity contribution >= 4 is 70.9 Å². The van der Waals surface area contributed by atoms with Crippen LogP contribution in [0.3, 0.4) is 0 Å². The van der Waals surface area contributed by atoms with Crippen molar-refractivity contribution in [1.82, 2.24) is 0 Å². The molecule has 0 saturated heterocycles. The van der Waals surface area contributed by atoms with Crippen molar-refractivity contribution in [2.24, 2.45) is 0 Å². The smallest absolute Gasteiger partial charge is 0.0540 e. The Labute approximate surface area is 332 Å². The Morgan fingerprint density at radius 3 is 1.54 bits per heavy atom. The SMILES string of the molecule is c1ccc(-c2ccccc2N(c2ccc3c(ccc4ccccc43)c2)c2ccc(-c3cccc4ccc5ccc6ccccc6c5c34)cc2-c2ccccc2)cc1. The van der Waals surface area contributed by atoms with Crippen LogP contribution >= 0.6 is 0 Å². The minimum atomic E-state index is 1.11. The van der Waals surface area contributed by atoms with E-state index >= 15 is 0 Å². The highest BCUT2D eigenvalue weighted by Gasteiger charge is 2.22. The number of fused-ring (bicyclic) bond motifs is 8. The number of nitrogens with zero attached hydrogens (tertiary/aromatic N) is 1. The van der Waals surface area contributed by atoms with Gasteiger partial charge in [0.15, 0.2) is 0 Å². The van der Waals surface area contributed by atoms with E-state index in [1.54, 1.807) is 0 Å². The minimum absolute atomic E-state index is 1.11. The van der Waals surface area contributed by atoms with E-state index in [0.717, 1.165) is 22.6 Å². The molecule has 1 heteroatoms. The van der Waals surface area contributed by atoms with Gasteiger partial charge in [0.05, 0.1) is 11.4 Å². The first-order valence-electron chi connectivity index (χ1n) is 19.7. The van der Waals surface area contributed by atoms with Gasteiger partial charge in [-0.05, 0) is 106 Å². The maximum Gasteiger partial charge on any atom is 0.0540 e. The molecule has 266 valence electrons. The Morgan fingerprint density at radius 2 is 0.772 bits per heavy atom. The van der Waals surface area contributed by atoms with E-state index in [2.05, 4.69) is 229 Å². The lowest BCUT2D eigenvalue weighted by Crippen LogP contribution is -2.12. The minimum Gasteiger partial charge on any atom is -0.309 e. The van der Waals surface area contributed by atoms with E-state index in [4.69, 9.17) is 0 Å². The van der Waals surface area contributed by atoms with E-state index in [0.29, 0.717) is 0 Å². The second-order valence-electron chi connectivity index (χ2n) is 14.9. The lowest BCUT2D eigenvalue weighted by molar-refractivity contribution is 1.29. The average molecular weight is 724 g/mol. The van der Waals surface area contributed by atoms with Gasteiger partial charge in [-0.3, -0.25) is 0 Å². The van der Waals surface area contributed by atoms with E-state index in [9.17, 15) is 0 Å². The molecule has 57 heavy (non-hydrogen) atoms. The quantitative estimate of drug-likeness (QED) is 0.154. The summed E-state index contributed by atoms with van der Waals surface area (Å²) in [5.74, 6) is 0. The van der Waals surface area contributed by atoms with Crippen LogP contribution in [0, 0.1) is 0 Å². The Morgan fingerprint density at radius 1 is 0.246 bits per heavy atom. The van der Waals surface area contributed by atoms with Crippen molar-refractivity contribution in [2.75, 3.05) is 4.90 Å². The molecule has 11 aromatic rings. The number of rotatable bonds is 6. The van der Waals surface area contributed by atoms with Crippen LogP contribution < -0.4 is 4.90 Å². The fourth-order valence-corrected chi connectivity index (χ4v) is 8.94. The fourth-order valence-electron chi connectivity index (χ4n) is 8.94. The summed E-state index contributed by atoms with van der Waals surface area (Å²) in [6, 6.07) is 82.2. The topological polar surface area (TPSA) is 3.24 Å². The van der Waals surface area contributed by atoms with Crippen LogP contribution in [0.1, 0.15) is 0 Å². The van der Waals surface area contributed by atoms with E-state index < -0.39 is 0 Å². The van der Waals surface area contributed by atoms with Gasteiger partial charge in [-0.15, -0.1) is 0 Å². The molecule has 0 bridgehead atoms. The molecule has 0 aliphatic carbocycles. The maximum atomic E-state index is 2.47. The predicted molar refractivity (Wildman–Crippen MR) is 245 cm³/mol. The van der Waals surface area contributed by atoms with Crippen LogP contribution in [0.25, 0.3) is 87.2 Å². The zero-order chi connectivity index (χ0) is 37.7. The molecule has 1 nitrogen and oxygen atoms in total. The molecule has 0 aromatic heterocycles. The molecule has 0 aliphatic heterocycles. The number of anilines is 3. The molecule has 0 radical (unpaired) electrons. The summed E-state index contributed by atoms with van der Waals surface area (Å²) in [4.78, 5) is 2.47. The normalized spacial score (nSPS) is 11.5. The van der Waals surface area contributed by atoms with Gasteiger partial charge in [-0.1, -0.05) is 194 Å². The summed E-state index contributed by atoms with van der Waals surface area (Å²) < 4.78 is 0. The molecular weight excluding hydrogens is 687 g/mol. The molecule has 0 N–H and O–H groups in total. The third-order valence-corrected chi connectivity index (χ3v) is 11.6. The first-order valence-corrected chi connectivity index (χ1v) is 19.7. The highest BCUT2D eigenvalue weighted by Crippen LogP contribution is 2.47. The third-order valence-electron chi connectivity index (χ3n) is 11.6. The highest BCUT2D eigenvalue weighted by atomic mass is 15.1. The fraction of sp³-hybridized carbons (Fsp3) is 0. The van der Waals surface area contributed by atoms with Crippen LogP contribution in [0.15, 0.2) is 224 Å². The second kappa shape index (κ2) is 13.7. The monoisotopic (exact) mass is 723 g/mol. The van der Waals surface area contributed by atoms with Crippen molar-refractivity contribution < 1.29 is 0 Å². The average Bonchev–Trinajstić information content (AvgIpc) is 3.29. The molecule has 0 atom stereocenters. The summed E-state index contributed by atoms with van der Waals surface area (Å²) in [5.41, 5.74) is 10.4. The van der Waals surface area contributed by atoms with Gasteiger partial charge < -0.3 is 4.90 Å². The first kappa shape index (κ1) is 32.9. The first-order chi connectivity index (χ1) is 28.3. The largest absolute Gasteiger partial charge is 0.309 e. The standard InChI is InChI=1S/C56H37N/c1-3-14-38(15-4-1)49-22-11-12-25-53(49)57(46-33-34-48-44(36-46)31-27-40-18-7-9-21-47(40)48)54-35-32-45(37-52(54)39-16-5-2-6-17-39)51-24-13-20-42-29-30-43-28-26-41-19-8-10-23-50(41)56(43)55(42)51/h1-37H. The molecular formula is C56H37N. The van der Waals surface area contributed by atoms with Crippen molar-refractivity contribution in [3.8, 4) is 33.4 Å². The van der Waals surface area contributed by atoms with Gasteiger partial charge in [0.25, 0.3) is 0 Å². The maximum absolute atomic E-state index is 2.47. The predicted octanol–water partition coefficient (Wildman–Crippen LogP) is 15.9. The summed E-state index contributed by atoms with van der Waals surface area (Å²) in [7, 11) is 0. The second-order valence-corrected chi connectivity index (χ2v) is 14.9. The van der Waals surface area contributed by atoms with Crippen molar-refractivity contribution in [3.63, 3.8) is 0 Å². The van der Waals surface area contributed by atoms with Gasteiger partial charge in [-0.25, -0.2) is 0 Å². The number of hydrogen-bond acceptors (Lipinski definition) is 1. The summed E-state index contributed by atoms with van der Waals surface area (Å²) >= 11 is 0. The van der Waals surface area contributed by atoms with Crippen molar-refractivity contribution in [2.45, 2.75) is 0 Å². The van der Waals surface area contributed by atoms with Crippen LogP contribution in [0.4, 0.5) is 17.1 Å². The van der Waals surface area contributed by atoms with Gasteiger partial charge in [-0.2, -0.15) is 0 Å². The van der Waals surface area contributed by atoms with Gasteiger partial charge in [0.1, 0.15) is 0 Å². The number of para-hydroxylation sites is 1. The van der Waals surface area contributed by atoms with Gasteiger partial charge in [0.2, 0.25) is 0 Å². The zero-order valence-corrected chi connectivity index (χ0v) is 31.3. The lowest BCUT2D eigenvalue weighted by Gasteiger charge is -2.30. The van der Waals surface area contributed by atoms with Gasteiger partial charge in [0, 0.05) is 16.8 Å². The van der Waals surface area contributed by atoms with Crippen LogP contribution in [-0.4, -0.2) is 0 Å². The lowest BCUT2D eigenvalue weighted by atomic mass is 9.89. The molecule has 0 heterocycles. The molecule has 0 unspecified atom stereocenters. The molecule has 0 fully saturated rings. The van der Waals surface area contributed by atoms with Crippen molar-refractivity contribution in [1.29, 1.82) is 0 Å². The van der Waals surface area contributed by atoms with E-state index in [-0.39, 0.29) is 0 Å². The third kappa shape index (κ3) is 5.63. The summed E-state index contributed by atoms with van der Waals surface area (Å²) in [5, 5.41) is 12.6. The summed E-state index contributed by atoms with van der Waals surface area (Å²) in [6.45, 7) is 0. The number of benzene rings is 11. The van der Waals surface area contributed by atoms with Crippen LogP contribution in [0.5, 0.6) is 0 Å². The molecule has 0 saturated carbocycles.